The van der Waals surface area contributed by atoms with Gasteiger partial charge in [0.15, 0.2) is 0 Å². The Hall–Kier alpha value is -2.88. The number of hydrogen-bond donors (Lipinski definition) is 1. The van der Waals surface area contributed by atoms with Crippen molar-refractivity contribution >= 4 is 11.6 Å². The minimum atomic E-state index is -0.0990. The highest BCUT2D eigenvalue weighted by Crippen LogP contribution is 2.14. The lowest BCUT2D eigenvalue weighted by Gasteiger charge is -2.07. The molecule has 2 aromatic carbocycles. The van der Waals surface area contributed by atoms with Gasteiger partial charge in [-0.15, -0.1) is 0 Å². The van der Waals surface area contributed by atoms with Crippen molar-refractivity contribution in [3.05, 3.63) is 78.4 Å². The first-order valence-corrected chi connectivity index (χ1v) is 7.25. The molecule has 110 valence electrons. The van der Waals surface area contributed by atoms with Crippen molar-refractivity contribution in [3.63, 3.8) is 0 Å². The monoisotopic (exact) mass is 291 g/mol. The number of benzene rings is 2. The number of imidazole rings is 1. The predicted octanol–water partition coefficient (Wildman–Crippen LogP) is 3.69. The lowest BCUT2D eigenvalue weighted by Crippen LogP contribution is -2.11. The molecule has 3 rings (SSSR count). The Morgan fingerprint density at radius 3 is 2.41 bits per heavy atom. The fourth-order valence-electron chi connectivity index (χ4n) is 2.22. The molecule has 0 spiro atoms. The van der Waals surface area contributed by atoms with Crippen LogP contribution >= 0.6 is 0 Å². The fourth-order valence-corrected chi connectivity index (χ4v) is 2.22. The summed E-state index contributed by atoms with van der Waals surface area (Å²) < 4.78 is 1.91. The van der Waals surface area contributed by atoms with E-state index in [2.05, 4.69) is 17.2 Å². The molecule has 0 bridgehead atoms. The molecule has 22 heavy (non-hydrogen) atoms. The minimum absolute atomic E-state index is 0.0990. The van der Waals surface area contributed by atoms with Gasteiger partial charge >= 0.3 is 0 Å². The third-order valence-electron chi connectivity index (χ3n) is 3.55. The molecule has 0 radical (unpaired) electrons. The molecule has 4 nitrogen and oxygen atoms in total. The molecule has 1 heterocycles. The number of carbonyl (C=O) groups is 1. The quantitative estimate of drug-likeness (QED) is 0.797. The number of aromatic nitrogens is 2. The number of aryl methyl sites for hydroxylation is 1. The number of hydrogen-bond acceptors (Lipinski definition) is 2. The zero-order valence-electron chi connectivity index (χ0n) is 12.4. The zero-order chi connectivity index (χ0) is 15.4. The van der Waals surface area contributed by atoms with Gasteiger partial charge in [-0.2, -0.15) is 0 Å². The van der Waals surface area contributed by atoms with E-state index in [1.54, 1.807) is 12.5 Å². The fraction of sp³-hybridized carbons (Fsp3) is 0.111. The van der Waals surface area contributed by atoms with Gasteiger partial charge in [-0.3, -0.25) is 4.79 Å². The summed E-state index contributed by atoms with van der Waals surface area (Å²) in [4.78, 5) is 16.2. The van der Waals surface area contributed by atoms with E-state index in [1.165, 1.54) is 5.56 Å². The number of nitrogens with zero attached hydrogens (tertiary/aromatic N) is 2. The molecule has 0 aliphatic rings. The van der Waals surface area contributed by atoms with Gasteiger partial charge < -0.3 is 9.88 Å². The lowest BCUT2D eigenvalue weighted by molar-refractivity contribution is 0.102. The van der Waals surface area contributed by atoms with E-state index in [4.69, 9.17) is 0 Å². The van der Waals surface area contributed by atoms with E-state index in [1.807, 2.05) is 59.3 Å². The molecule has 1 N–H and O–H groups in total. The minimum Gasteiger partial charge on any atom is -0.322 e. The highest BCUT2D eigenvalue weighted by atomic mass is 16.1. The average Bonchev–Trinajstić information content (AvgIpc) is 3.10. The topological polar surface area (TPSA) is 46.9 Å². The summed E-state index contributed by atoms with van der Waals surface area (Å²) in [5, 5.41) is 2.90. The van der Waals surface area contributed by atoms with Crippen molar-refractivity contribution in [2.75, 3.05) is 5.32 Å². The third-order valence-corrected chi connectivity index (χ3v) is 3.55. The maximum absolute atomic E-state index is 12.2. The average molecular weight is 291 g/mol. The standard InChI is InChI=1S/C18H17N3O/c1-2-14-3-5-15(6-4-14)18(22)20-16-7-9-17(10-8-16)21-12-11-19-13-21/h3-13H,2H2,1H3,(H,20,22). The number of rotatable bonds is 4. The molecule has 0 aliphatic carbocycles. The summed E-state index contributed by atoms with van der Waals surface area (Å²) in [7, 11) is 0. The molecule has 0 saturated carbocycles. The highest BCUT2D eigenvalue weighted by molar-refractivity contribution is 6.04. The van der Waals surface area contributed by atoms with Crippen LogP contribution in [0.15, 0.2) is 67.3 Å². The first kappa shape index (κ1) is 14.1. The summed E-state index contributed by atoms with van der Waals surface area (Å²) in [6.07, 6.45) is 6.32. The molecule has 0 aliphatic heterocycles. The second-order valence-electron chi connectivity index (χ2n) is 5.02. The van der Waals surface area contributed by atoms with Gasteiger partial charge in [0.25, 0.3) is 5.91 Å². The summed E-state index contributed by atoms with van der Waals surface area (Å²) in [6.45, 7) is 2.09. The predicted molar refractivity (Wildman–Crippen MR) is 87.3 cm³/mol. The third kappa shape index (κ3) is 3.06. The van der Waals surface area contributed by atoms with Gasteiger partial charge in [0.1, 0.15) is 0 Å². The van der Waals surface area contributed by atoms with Crippen molar-refractivity contribution < 1.29 is 4.79 Å². The lowest BCUT2D eigenvalue weighted by atomic mass is 10.1. The van der Waals surface area contributed by atoms with E-state index in [9.17, 15) is 4.79 Å². The first-order valence-electron chi connectivity index (χ1n) is 7.25. The summed E-state index contributed by atoms with van der Waals surface area (Å²) >= 11 is 0. The van der Waals surface area contributed by atoms with Crippen molar-refractivity contribution in [2.45, 2.75) is 13.3 Å². The molecule has 1 aromatic heterocycles. The van der Waals surface area contributed by atoms with Crippen LogP contribution in [0.3, 0.4) is 0 Å². The second-order valence-corrected chi connectivity index (χ2v) is 5.02. The van der Waals surface area contributed by atoms with Crippen LogP contribution in [0.1, 0.15) is 22.8 Å². The Labute approximate surface area is 129 Å². The Morgan fingerprint density at radius 1 is 1.09 bits per heavy atom. The first-order chi connectivity index (χ1) is 10.8. The number of anilines is 1. The molecule has 0 fully saturated rings. The normalized spacial score (nSPS) is 10.4. The van der Waals surface area contributed by atoms with E-state index in [0.29, 0.717) is 5.56 Å². The molecular weight excluding hydrogens is 274 g/mol. The SMILES string of the molecule is CCc1ccc(C(=O)Nc2ccc(-n3ccnc3)cc2)cc1. The Bertz CT molecular complexity index is 744. The van der Waals surface area contributed by atoms with Crippen LogP contribution in [0.25, 0.3) is 5.69 Å². The van der Waals surface area contributed by atoms with Gasteiger partial charge in [0.05, 0.1) is 6.33 Å². The van der Waals surface area contributed by atoms with Crippen molar-refractivity contribution in [2.24, 2.45) is 0 Å². The maximum Gasteiger partial charge on any atom is 0.255 e. The number of amides is 1. The second kappa shape index (κ2) is 6.26. The van der Waals surface area contributed by atoms with E-state index >= 15 is 0 Å². The van der Waals surface area contributed by atoms with Crippen LogP contribution in [-0.4, -0.2) is 15.5 Å². The van der Waals surface area contributed by atoms with Crippen molar-refractivity contribution in [3.8, 4) is 5.69 Å². The van der Waals surface area contributed by atoms with Gasteiger partial charge in [-0.05, 0) is 48.4 Å². The molecule has 0 saturated heterocycles. The Morgan fingerprint density at radius 2 is 1.82 bits per heavy atom. The van der Waals surface area contributed by atoms with Crippen LogP contribution in [-0.2, 0) is 6.42 Å². The molecule has 1 amide bonds. The van der Waals surface area contributed by atoms with Gasteiger partial charge in [0, 0.05) is 29.3 Å². The summed E-state index contributed by atoms with van der Waals surface area (Å²) in [5.74, 6) is -0.0990. The van der Waals surface area contributed by atoms with E-state index in [0.717, 1.165) is 17.8 Å². The van der Waals surface area contributed by atoms with Crippen LogP contribution in [0.4, 0.5) is 5.69 Å². The maximum atomic E-state index is 12.2. The van der Waals surface area contributed by atoms with Crippen LogP contribution in [0.5, 0.6) is 0 Å². The van der Waals surface area contributed by atoms with Crippen LogP contribution in [0.2, 0.25) is 0 Å². The number of nitrogens with one attached hydrogen (secondary N) is 1. The van der Waals surface area contributed by atoms with Crippen LogP contribution in [0, 0.1) is 0 Å². The molecule has 0 unspecified atom stereocenters. The highest BCUT2D eigenvalue weighted by Gasteiger charge is 2.06. The van der Waals surface area contributed by atoms with Gasteiger partial charge in [-0.25, -0.2) is 4.98 Å². The van der Waals surface area contributed by atoms with Gasteiger partial charge in [-0.1, -0.05) is 19.1 Å². The van der Waals surface area contributed by atoms with Crippen molar-refractivity contribution in [1.82, 2.24) is 9.55 Å². The summed E-state index contributed by atoms with van der Waals surface area (Å²) in [6, 6.07) is 15.3. The van der Waals surface area contributed by atoms with Gasteiger partial charge in [0.2, 0.25) is 0 Å². The van der Waals surface area contributed by atoms with Crippen molar-refractivity contribution in [1.29, 1.82) is 0 Å². The molecule has 4 heteroatoms. The number of carbonyl (C=O) groups excluding carboxylic acids is 1. The Balaban J connectivity index is 1.71. The van der Waals surface area contributed by atoms with E-state index < -0.39 is 0 Å². The van der Waals surface area contributed by atoms with E-state index in [-0.39, 0.29) is 5.91 Å². The Kier molecular flexibility index (Phi) is 4.01. The largest absolute Gasteiger partial charge is 0.322 e. The molecule has 3 aromatic rings. The molecule has 0 atom stereocenters. The zero-order valence-corrected chi connectivity index (χ0v) is 12.4. The van der Waals surface area contributed by atoms with Crippen LogP contribution < -0.4 is 5.32 Å². The molecular formula is C18H17N3O. The smallest absolute Gasteiger partial charge is 0.255 e. The summed E-state index contributed by atoms with van der Waals surface area (Å²) in [5.41, 5.74) is 3.66.